The Balaban J connectivity index is 0.00000320. The monoisotopic (exact) mass is 527 g/mol. The van der Waals surface area contributed by atoms with Gasteiger partial charge in [0, 0.05) is 46.7 Å². The Morgan fingerprint density at radius 1 is 1.03 bits per heavy atom. The van der Waals surface area contributed by atoms with E-state index in [0.29, 0.717) is 12.3 Å². The molecule has 0 spiro atoms. The van der Waals surface area contributed by atoms with Crippen LogP contribution in [0.3, 0.4) is 0 Å². The average Bonchev–Trinajstić information content (AvgIpc) is 2.77. The van der Waals surface area contributed by atoms with E-state index < -0.39 is 0 Å². The molecule has 0 aliphatic carbocycles. The van der Waals surface area contributed by atoms with Crippen molar-refractivity contribution < 1.29 is 4.79 Å². The van der Waals surface area contributed by atoms with Gasteiger partial charge in [0.15, 0.2) is 5.96 Å². The van der Waals surface area contributed by atoms with Crippen LogP contribution < -0.4 is 10.6 Å². The Bertz CT molecular complexity index is 665. The molecule has 3 rings (SSSR count). The second-order valence-corrected chi connectivity index (χ2v) is 8.36. The maximum Gasteiger partial charge on any atom is 0.220 e. The number of aliphatic imine (C=N–C) groups is 1. The molecule has 1 aromatic rings. The van der Waals surface area contributed by atoms with E-state index in [1.165, 1.54) is 43.5 Å². The van der Waals surface area contributed by atoms with Crippen LogP contribution in [0.25, 0.3) is 0 Å². The number of halogens is 1. The molecule has 2 aliphatic heterocycles. The first-order valence-electron chi connectivity index (χ1n) is 11.1. The zero-order chi connectivity index (χ0) is 20.5. The van der Waals surface area contributed by atoms with Gasteiger partial charge < -0.3 is 15.5 Å². The molecule has 2 aliphatic rings. The SMILES string of the molecule is CN=C(NCc1ccc(CN2CCCCC2)cc1)N1CCC(CC(=O)NC)CC1.I. The fraction of sp³-hybridized carbons (Fsp3) is 0.652. The molecule has 1 amide bonds. The van der Waals surface area contributed by atoms with E-state index in [1.807, 2.05) is 7.05 Å². The fourth-order valence-electron chi connectivity index (χ4n) is 4.36. The molecule has 0 atom stereocenters. The summed E-state index contributed by atoms with van der Waals surface area (Å²) in [6.45, 7) is 6.24. The molecule has 30 heavy (non-hydrogen) atoms. The van der Waals surface area contributed by atoms with Crippen molar-refractivity contribution in [2.75, 3.05) is 40.3 Å². The minimum atomic E-state index is 0. The van der Waals surface area contributed by atoms with Crippen molar-refractivity contribution in [1.29, 1.82) is 0 Å². The number of guanidine groups is 1. The standard InChI is InChI=1S/C23H37N5O.HI/c1-24-22(29)16-19-10-14-28(15-11-19)23(25-2)26-17-20-6-8-21(9-7-20)18-27-12-4-3-5-13-27;/h6-9,19H,3-5,10-18H2,1-2H3,(H,24,29)(H,25,26);1H. The van der Waals surface area contributed by atoms with Crippen LogP contribution in [-0.4, -0.2) is 61.9 Å². The average molecular weight is 527 g/mol. The predicted octanol–water partition coefficient (Wildman–Crippen LogP) is 3.21. The Morgan fingerprint density at radius 2 is 1.67 bits per heavy atom. The highest BCUT2D eigenvalue weighted by atomic mass is 127. The Kier molecular flexibility index (Phi) is 10.9. The van der Waals surface area contributed by atoms with Crippen molar-refractivity contribution in [2.45, 2.75) is 51.6 Å². The molecule has 2 fully saturated rings. The zero-order valence-corrected chi connectivity index (χ0v) is 20.9. The second kappa shape index (κ2) is 13.1. The van der Waals surface area contributed by atoms with Gasteiger partial charge in [-0.1, -0.05) is 30.7 Å². The summed E-state index contributed by atoms with van der Waals surface area (Å²) >= 11 is 0. The van der Waals surface area contributed by atoms with E-state index in [9.17, 15) is 4.79 Å². The van der Waals surface area contributed by atoms with Gasteiger partial charge >= 0.3 is 0 Å². The maximum atomic E-state index is 11.6. The van der Waals surface area contributed by atoms with Gasteiger partial charge in [0.05, 0.1) is 0 Å². The number of piperidine rings is 2. The number of hydrogen-bond acceptors (Lipinski definition) is 3. The lowest BCUT2D eigenvalue weighted by Crippen LogP contribution is -2.45. The van der Waals surface area contributed by atoms with Crippen LogP contribution in [0.2, 0.25) is 0 Å². The summed E-state index contributed by atoms with van der Waals surface area (Å²) in [5, 5.41) is 6.24. The first-order chi connectivity index (χ1) is 14.2. The zero-order valence-electron chi connectivity index (χ0n) is 18.5. The van der Waals surface area contributed by atoms with Crippen molar-refractivity contribution in [1.82, 2.24) is 20.4 Å². The molecular formula is C23H38IN5O. The Labute approximate surface area is 198 Å². The molecule has 0 unspecified atom stereocenters. The summed E-state index contributed by atoms with van der Waals surface area (Å²) in [6.07, 6.45) is 6.78. The maximum absolute atomic E-state index is 11.6. The van der Waals surface area contributed by atoms with E-state index in [2.05, 4.69) is 49.7 Å². The first kappa shape index (κ1) is 24.9. The van der Waals surface area contributed by atoms with E-state index >= 15 is 0 Å². The van der Waals surface area contributed by atoms with Crippen molar-refractivity contribution in [3.05, 3.63) is 35.4 Å². The molecule has 0 aromatic heterocycles. The molecule has 0 bridgehead atoms. The number of benzene rings is 1. The second-order valence-electron chi connectivity index (χ2n) is 8.36. The van der Waals surface area contributed by atoms with Gasteiger partial charge in [-0.05, 0) is 55.8 Å². The number of hydrogen-bond donors (Lipinski definition) is 2. The van der Waals surface area contributed by atoms with Crippen LogP contribution in [0, 0.1) is 5.92 Å². The lowest BCUT2D eigenvalue weighted by Gasteiger charge is -2.34. The highest BCUT2D eigenvalue weighted by molar-refractivity contribution is 14.0. The third kappa shape index (κ3) is 7.72. The molecular weight excluding hydrogens is 489 g/mol. The Morgan fingerprint density at radius 3 is 2.27 bits per heavy atom. The Hall–Kier alpha value is -1.35. The lowest BCUT2D eigenvalue weighted by molar-refractivity contribution is -0.121. The van der Waals surface area contributed by atoms with Crippen LogP contribution in [0.1, 0.15) is 49.7 Å². The van der Waals surface area contributed by atoms with E-state index in [-0.39, 0.29) is 29.9 Å². The number of nitrogens with zero attached hydrogens (tertiary/aromatic N) is 3. The smallest absolute Gasteiger partial charge is 0.220 e. The summed E-state index contributed by atoms with van der Waals surface area (Å²) in [7, 11) is 3.56. The van der Waals surface area contributed by atoms with Crippen molar-refractivity contribution in [2.24, 2.45) is 10.9 Å². The minimum absolute atomic E-state index is 0. The van der Waals surface area contributed by atoms with E-state index in [0.717, 1.165) is 45.0 Å². The molecule has 1 aromatic carbocycles. The summed E-state index contributed by atoms with van der Waals surface area (Å²) in [6, 6.07) is 8.99. The molecule has 7 heteroatoms. The molecule has 6 nitrogen and oxygen atoms in total. The largest absolute Gasteiger partial charge is 0.359 e. The molecule has 2 saturated heterocycles. The van der Waals surface area contributed by atoms with Crippen molar-refractivity contribution in [3.63, 3.8) is 0 Å². The van der Waals surface area contributed by atoms with Crippen molar-refractivity contribution in [3.8, 4) is 0 Å². The molecule has 0 radical (unpaired) electrons. The number of likely N-dealkylation sites (tertiary alicyclic amines) is 2. The number of carbonyl (C=O) groups is 1. The summed E-state index contributed by atoms with van der Waals surface area (Å²) in [5.74, 6) is 1.59. The number of nitrogens with one attached hydrogen (secondary N) is 2. The first-order valence-corrected chi connectivity index (χ1v) is 11.1. The van der Waals surface area contributed by atoms with Gasteiger partial charge in [0.1, 0.15) is 0 Å². The highest BCUT2D eigenvalue weighted by Crippen LogP contribution is 2.20. The minimum Gasteiger partial charge on any atom is -0.359 e. The van der Waals surface area contributed by atoms with Gasteiger partial charge in [-0.25, -0.2) is 0 Å². The van der Waals surface area contributed by atoms with Gasteiger partial charge in [-0.2, -0.15) is 0 Å². The van der Waals surface area contributed by atoms with E-state index in [1.54, 1.807) is 7.05 Å². The quantitative estimate of drug-likeness (QED) is 0.339. The highest BCUT2D eigenvalue weighted by Gasteiger charge is 2.23. The molecule has 2 N–H and O–H groups in total. The fourth-order valence-corrected chi connectivity index (χ4v) is 4.36. The molecule has 168 valence electrons. The summed E-state index contributed by atoms with van der Waals surface area (Å²) in [4.78, 5) is 20.9. The van der Waals surface area contributed by atoms with Gasteiger partial charge in [-0.3, -0.25) is 14.7 Å². The van der Waals surface area contributed by atoms with Crippen LogP contribution in [-0.2, 0) is 17.9 Å². The summed E-state index contributed by atoms with van der Waals surface area (Å²) in [5.41, 5.74) is 2.68. The summed E-state index contributed by atoms with van der Waals surface area (Å²) < 4.78 is 0. The van der Waals surface area contributed by atoms with Crippen LogP contribution in [0.15, 0.2) is 29.3 Å². The van der Waals surface area contributed by atoms with Gasteiger partial charge in [0.2, 0.25) is 5.91 Å². The van der Waals surface area contributed by atoms with Crippen LogP contribution in [0.4, 0.5) is 0 Å². The molecule has 2 heterocycles. The topological polar surface area (TPSA) is 60.0 Å². The van der Waals surface area contributed by atoms with Crippen LogP contribution >= 0.6 is 24.0 Å². The van der Waals surface area contributed by atoms with Crippen LogP contribution in [0.5, 0.6) is 0 Å². The number of rotatable bonds is 6. The third-order valence-corrected chi connectivity index (χ3v) is 6.21. The normalized spacial score (nSPS) is 18.6. The number of carbonyl (C=O) groups excluding carboxylic acids is 1. The lowest BCUT2D eigenvalue weighted by atomic mass is 9.93. The third-order valence-electron chi connectivity index (χ3n) is 6.21. The predicted molar refractivity (Wildman–Crippen MR) is 134 cm³/mol. The van der Waals surface area contributed by atoms with Gasteiger partial charge in [-0.15, -0.1) is 24.0 Å². The molecule has 0 saturated carbocycles. The van der Waals surface area contributed by atoms with Gasteiger partial charge in [0.25, 0.3) is 0 Å². The van der Waals surface area contributed by atoms with E-state index in [4.69, 9.17) is 0 Å². The van der Waals surface area contributed by atoms with Crippen molar-refractivity contribution >= 4 is 35.8 Å². The number of amides is 1.